The molecule has 2 aliphatic heterocycles. The molecule has 2 saturated heterocycles. The van der Waals surface area contributed by atoms with E-state index in [1.807, 2.05) is 12.1 Å². The van der Waals surface area contributed by atoms with Gasteiger partial charge in [0.1, 0.15) is 5.01 Å². The van der Waals surface area contributed by atoms with Crippen molar-refractivity contribution in [2.75, 3.05) is 31.1 Å². The van der Waals surface area contributed by atoms with Crippen LogP contribution in [0.2, 0.25) is 5.02 Å². The number of nitrogens with zero attached hydrogens (tertiary/aromatic N) is 3. The summed E-state index contributed by atoms with van der Waals surface area (Å²) >= 11 is 7.63. The summed E-state index contributed by atoms with van der Waals surface area (Å²) in [7, 11) is 0. The number of halogens is 1. The van der Waals surface area contributed by atoms with Crippen LogP contribution >= 0.6 is 22.9 Å². The van der Waals surface area contributed by atoms with Gasteiger partial charge in [0.25, 0.3) is 0 Å². The van der Waals surface area contributed by atoms with Crippen LogP contribution in [0, 0.1) is 11.8 Å². The van der Waals surface area contributed by atoms with Crippen LogP contribution in [0.1, 0.15) is 10.6 Å². The van der Waals surface area contributed by atoms with Crippen LogP contribution < -0.4 is 10.2 Å². The lowest BCUT2D eigenvalue weighted by atomic mass is 10.0. The van der Waals surface area contributed by atoms with Gasteiger partial charge in [-0.05, 0) is 29.5 Å². The first kappa shape index (κ1) is 13.5. The van der Waals surface area contributed by atoms with Crippen LogP contribution in [0.4, 0.5) is 5.13 Å². The molecule has 4 rings (SSSR count). The average molecular weight is 321 g/mol. The lowest BCUT2D eigenvalue weighted by Crippen LogP contribution is -2.25. The normalized spacial score (nSPS) is 24.5. The second-order valence-electron chi connectivity index (χ2n) is 5.87. The lowest BCUT2D eigenvalue weighted by Gasteiger charge is -2.14. The Morgan fingerprint density at radius 1 is 1.14 bits per heavy atom. The number of benzene rings is 1. The maximum absolute atomic E-state index is 5.91. The van der Waals surface area contributed by atoms with Gasteiger partial charge in [-0.1, -0.05) is 35.1 Å². The van der Waals surface area contributed by atoms with E-state index in [0.29, 0.717) is 0 Å². The summed E-state index contributed by atoms with van der Waals surface area (Å²) in [5, 5.41) is 15.1. The lowest BCUT2D eigenvalue weighted by molar-refractivity contribution is 0.533. The van der Waals surface area contributed by atoms with Crippen molar-refractivity contribution in [3.8, 4) is 0 Å². The zero-order chi connectivity index (χ0) is 14.2. The molecular formula is C15H17ClN4S. The van der Waals surface area contributed by atoms with E-state index in [0.717, 1.165) is 59.6 Å². The fourth-order valence-corrected chi connectivity index (χ4v) is 4.25. The number of fused-ring (bicyclic) bond motifs is 1. The van der Waals surface area contributed by atoms with Crippen LogP contribution in [-0.4, -0.2) is 36.4 Å². The predicted octanol–water partition coefficient (Wildman–Crippen LogP) is 2.44. The van der Waals surface area contributed by atoms with Crippen molar-refractivity contribution >= 4 is 28.1 Å². The molecule has 6 heteroatoms. The van der Waals surface area contributed by atoms with Gasteiger partial charge in [-0.15, -0.1) is 10.2 Å². The Balaban J connectivity index is 1.45. The van der Waals surface area contributed by atoms with Gasteiger partial charge in [0.2, 0.25) is 5.13 Å². The van der Waals surface area contributed by atoms with Crippen molar-refractivity contribution in [1.82, 2.24) is 15.5 Å². The third-order valence-electron chi connectivity index (χ3n) is 4.38. The maximum atomic E-state index is 5.91. The molecule has 3 heterocycles. The van der Waals surface area contributed by atoms with E-state index in [9.17, 15) is 0 Å². The van der Waals surface area contributed by atoms with E-state index >= 15 is 0 Å². The van der Waals surface area contributed by atoms with E-state index in [4.69, 9.17) is 11.6 Å². The summed E-state index contributed by atoms with van der Waals surface area (Å²) < 4.78 is 0. The summed E-state index contributed by atoms with van der Waals surface area (Å²) in [6.07, 6.45) is 0.830. The van der Waals surface area contributed by atoms with Crippen LogP contribution in [0.5, 0.6) is 0 Å². The molecule has 0 saturated carbocycles. The van der Waals surface area contributed by atoms with Gasteiger partial charge < -0.3 is 10.2 Å². The first-order valence-electron chi connectivity index (χ1n) is 7.30. The number of aromatic nitrogens is 2. The zero-order valence-corrected chi connectivity index (χ0v) is 13.2. The van der Waals surface area contributed by atoms with Crippen molar-refractivity contribution in [2.45, 2.75) is 6.42 Å². The summed E-state index contributed by atoms with van der Waals surface area (Å²) in [4.78, 5) is 2.40. The minimum absolute atomic E-state index is 0.772. The van der Waals surface area contributed by atoms with Crippen LogP contribution in [-0.2, 0) is 6.42 Å². The average Bonchev–Trinajstić information content (AvgIpc) is 3.15. The zero-order valence-electron chi connectivity index (χ0n) is 11.6. The maximum Gasteiger partial charge on any atom is 0.208 e. The molecule has 0 amide bonds. The van der Waals surface area contributed by atoms with Crippen molar-refractivity contribution in [3.05, 3.63) is 39.9 Å². The molecule has 1 N–H and O–H groups in total. The number of hydrogen-bond donors (Lipinski definition) is 1. The number of hydrogen-bond acceptors (Lipinski definition) is 5. The van der Waals surface area contributed by atoms with Gasteiger partial charge in [-0.25, -0.2) is 0 Å². The number of anilines is 1. The van der Waals surface area contributed by atoms with Gasteiger partial charge in [0.05, 0.1) is 0 Å². The molecule has 110 valence electrons. The monoisotopic (exact) mass is 320 g/mol. The summed E-state index contributed by atoms with van der Waals surface area (Å²) in [6, 6.07) is 7.95. The SMILES string of the molecule is Clc1ccc(Cc2nnc(N3C[C@H]4CNC[C@H]4C3)s2)cc1. The smallest absolute Gasteiger partial charge is 0.208 e. The molecule has 0 bridgehead atoms. The van der Waals surface area contributed by atoms with Crippen LogP contribution in [0.3, 0.4) is 0 Å². The largest absolute Gasteiger partial charge is 0.346 e. The van der Waals surface area contributed by atoms with E-state index in [1.165, 1.54) is 5.56 Å². The van der Waals surface area contributed by atoms with Crippen molar-refractivity contribution < 1.29 is 0 Å². The predicted molar refractivity (Wildman–Crippen MR) is 86.2 cm³/mol. The fraction of sp³-hybridized carbons (Fsp3) is 0.467. The van der Waals surface area contributed by atoms with Gasteiger partial charge in [-0.3, -0.25) is 0 Å². The third-order valence-corrected chi connectivity index (χ3v) is 5.62. The minimum Gasteiger partial charge on any atom is -0.346 e. The first-order valence-corrected chi connectivity index (χ1v) is 8.50. The highest BCUT2D eigenvalue weighted by atomic mass is 35.5. The highest BCUT2D eigenvalue weighted by Crippen LogP contribution is 2.32. The molecule has 2 atom stereocenters. The molecule has 1 aromatic carbocycles. The molecule has 2 aromatic rings. The van der Waals surface area contributed by atoms with E-state index in [2.05, 4.69) is 32.5 Å². The van der Waals surface area contributed by atoms with Crippen molar-refractivity contribution in [3.63, 3.8) is 0 Å². The Kier molecular flexibility index (Phi) is 3.57. The van der Waals surface area contributed by atoms with E-state index < -0.39 is 0 Å². The Hall–Kier alpha value is -1.17. The topological polar surface area (TPSA) is 41.1 Å². The van der Waals surface area contributed by atoms with E-state index in [1.54, 1.807) is 11.3 Å². The Morgan fingerprint density at radius 3 is 2.57 bits per heavy atom. The summed E-state index contributed by atoms with van der Waals surface area (Å²) in [5.41, 5.74) is 1.23. The second kappa shape index (κ2) is 5.55. The quantitative estimate of drug-likeness (QED) is 0.943. The fourth-order valence-electron chi connectivity index (χ4n) is 3.23. The van der Waals surface area contributed by atoms with Crippen molar-refractivity contribution in [1.29, 1.82) is 0 Å². The molecule has 2 aliphatic rings. The highest BCUT2D eigenvalue weighted by molar-refractivity contribution is 7.15. The first-order chi connectivity index (χ1) is 10.3. The summed E-state index contributed by atoms with van der Waals surface area (Å²) in [6.45, 7) is 4.54. The molecule has 0 aliphatic carbocycles. The van der Waals surface area contributed by atoms with Crippen LogP contribution in [0.15, 0.2) is 24.3 Å². The molecular weight excluding hydrogens is 304 g/mol. The molecule has 0 spiro atoms. The number of rotatable bonds is 3. The van der Waals surface area contributed by atoms with E-state index in [-0.39, 0.29) is 0 Å². The Labute approximate surface area is 133 Å². The number of nitrogens with one attached hydrogen (secondary N) is 1. The van der Waals surface area contributed by atoms with Gasteiger partial charge in [0, 0.05) is 37.6 Å². The standard InChI is InChI=1S/C15H17ClN4S/c16-13-3-1-10(2-4-13)5-14-18-19-15(21-14)20-8-11-6-17-7-12(11)9-20/h1-4,11-12,17H,5-9H2/t11-,12+. The van der Waals surface area contributed by atoms with Gasteiger partial charge in [-0.2, -0.15) is 0 Å². The van der Waals surface area contributed by atoms with Crippen LogP contribution in [0.25, 0.3) is 0 Å². The third kappa shape index (κ3) is 2.78. The van der Waals surface area contributed by atoms with Gasteiger partial charge in [0.15, 0.2) is 0 Å². The van der Waals surface area contributed by atoms with Crippen molar-refractivity contribution in [2.24, 2.45) is 11.8 Å². The Bertz CT molecular complexity index is 615. The molecule has 21 heavy (non-hydrogen) atoms. The molecule has 2 fully saturated rings. The second-order valence-corrected chi connectivity index (χ2v) is 7.34. The molecule has 1 aromatic heterocycles. The highest BCUT2D eigenvalue weighted by Gasteiger charge is 2.37. The van der Waals surface area contributed by atoms with Gasteiger partial charge >= 0.3 is 0 Å². The molecule has 4 nitrogen and oxygen atoms in total. The summed E-state index contributed by atoms with van der Waals surface area (Å²) in [5.74, 6) is 1.57. The Morgan fingerprint density at radius 2 is 1.86 bits per heavy atom. The molecule has 0 unspecified atom stereocenters. The molecule has 0 radical (unpaired) electrons. The minimum atomic E-state index is 0.772.